The number of hydrogen-bond donors (Lipinski definition) is 2. The fourth-order valence-electron chi connectivity index (χ4n) is 2.03. The van der Waals surface area contributed by atoms with Crippen LogP contribution in [0.5, 0.6) is 17.2 Å². The van der Waals surface area contributed by atoms with Gasteiger partial charge in [0.2, 0.25) is 5.75 Å². The maximum atomic E-state index is 9.87. The van der Waals surface area contributed by atoms with E-state index in [-0.39, 0.29) is 5.75 Å². The lowest BCUT2D eigenvalue weighted by Gasteiger charge is -2.12. The molecule has 0 unspecified atom stereocenters. The quantitative estimate of drug-likeness (QED) is 0.859. The summed E-state index contributed by atoms with van der Waals surface area (Å²) in [7, 11) is 3.02. The lowest BCUT2D eigenvalue weighted by molar-refractivity contribution is 0.339. The highest BCUT2D eigenvalue weighted by atomic mass is 35.5. The van der Waals surface area contributed by atoms with E-state index in [9.17, 15) is 5.11 Å². The van der Waals surface area contributed by atoms with Crippen LogP contribution >= 0.6 is 11.6 Å². The molecule has 0 heterocycles. The van der Waals surface area contributed by atoms with E-state index in [2.05, 4.69) is 5.32 Å². The molecule has 0 radical (unpaired) electrons. The summed E-state index contributed by atoms with van der Waals surface area (Å²) in [5.74, 6) is 0.794. The second-order valence-electron chi connectivity index (χ2n) is 4.54. The van der Waals surface area contributed by atoms with Gasteiger partial charge in [0, 0.05) is 18.1 Å². The van der Waals surface area contributed by atoms with Crippen LogP contribution in [0.4, 0.5) is 0 Å². The molecule has 2 rings (SSSR count). The van der Waals surface area contributed by atoms with Crippen LogP contribution in [0.25, 0.3) is 0 Å². The third kappa shape index (κ3) is 3.80. The highest BCUT2D eigenvalue weighted by molar-refractivity contribution is 6.31. The number of phenolic OH excluding ortho intramolecular Hbond substituents is 1. The first kappa shape index (κ1) is 15.5. The molecule has 2 aromatic rings. The standard InChI is InChI=1S/C16H18ClNO3/c1-20-14-7-11(8-15(21-2)16(14)19)9-18-10-12-5-3-4-6-13(12)17/h3-8,18-19H,9-10H2,1-2H3. The van der Waals surface area contributed by atoms with Gasteiger partial charge in [-0.1, -0.05) is 29.8 Å². The van der Waals surface area contributed by atoms with Crippen LogP contribution in [0.3, 0.4) is 0 Å². The molecule has 5 heteroatoms. The third-order valence-corrected chi connectivity index (χ3v) is 3.51. The number of aromatic hydroxyl groups is 1. The smallest absolute Gasteiger partial charge is 0.200 e. The van der Waals surface area contributed by atoms with Gasteiger partial charge in [0.1, 0.15) is 0 Å². The summed E-state index contributed by atoms with van der Waals surface area (Å²) in [6.45, 7) is 1.27. The van der Waals surface area contributed by atoms with Crippen molar-refractivity contribution in [2.45, 2.75) is 13.1 Å². The molecule has 0 saturated carbocycles. The van der Waals surface area contributed by atoms with Gasteiger partial charge in [0.15, 0.2) is 11.5 Å². The molecule has 0 aliphatic carbocycles. The Hall–Kier alpha value is -1.91. The predicted molar refractivity (Wildman–Crippen MR) is 83.2 cm³/mol. The summed E-state index contributed by atoms with van der Waals surface area (Å²) < 4.78 is 10.3. The predicted octanol–water partition coefficient (Wildman–Crippen LogP) is 3.35. The molecule has 0 aliphatic rings. The molecule has 0 aliphatic heterocycles. The first-order chi connectivity index (χ1) is 10.2. The Morgan fingerprint density at radius 1 is 1.05 bits per heavy atom. The first-order valence-electron chi connectivity index (χ1n) is 6.53. The van der Waals surface area contributed by atoms with E-state index in [1.165, 1.54) is 14.2 Å². The van der Waals surface area contributed by atoms with E-state index in [1.807, 2.05) is 24.3 Å². The number of hydrogen-bond acceptors (Lipinski definition) is 4. The third-order valence-electron chi connectivity index (χ3n) is 3.14. The maximum absolute atomic E-state index is 9.87. The first-order valence-corrected chi connectivity index (χ1v) is 6.91. The van der Waals surface area contributed by atoms with Crippen LogP contribution in [0, 0.1) is 0 Å². The van der Waals surface area contributed by atoms with Gasteiger partial charge in [-0.2, -0.15) is 0 Å². The SMILES string of the molecule is COc1cc(CNCc2ccccc2Cl)cc(OC)c1O. The number of halogens is 1. The van der Waals surface area contributed by atoms with Crippen molar-refractivity contribution in [3.63, 3.8) is 0 Å². The molecule has 0 amide bonds. The van der Waals surface area contributed by atoms with Gasteiger partial charge in [-0.3, -0.25) is 0 Å². The normalized spacial score (nSPS) is 10.4. The molecule has 112 valence electrons. The molecule has 0 atom stereocenters. The van der Waals surface area contributed by atoms with Crippen molar-refractivity contribution in [3.05, 3.63) is 52.5 Å². The molecule has 0 fully saturated rings. The Kier molecular flexibility index (Phi) is 5.31. The van der Waals surface area contributed by atoms with Crippen LogP contribution < -0.4 is 14.8 Å². The van der Waals surface area contributed by atoms with Gasteiger partial charge in [0.05, 0.1) is 14.2 Å². The molecule has 0 saturated heterocycles. The van der Waals surface area contributed by atoms with Crippen LogP contribution in [-0.4, -0.2) is 19.3 Å². The lowest BCUT2D eigenvalue weighted by Crippen LogP contribution is -2.13. The van der Waals surface area contributed by atoms with Crippen LogP contribution in [-0.2, 0) is 13.1 Å². The van der Waals surface area contributed by atoms with Crippen molar-refractivity contribution in [1.82, 2.24) is 5.32 Å². The van der Waals surface area contributed by atoms with E-state index in [0.29, 0.717) is 24.6 Å². The van der Waals surface area contributed by atoms with Crippen LogP contribution in [0.15, 0.2) is 36.4 Å². The zero-order chi connectivity index (χ0) is 15.2. The van der Waals surface area contributed by atoms with Crippen molar-refractivity contribution in [3.8, 4) is 17.2 Å². The minimum atomic E-state index is 0.00912. The topological polar surface area (TPSA) is 50.7 Å². The monoisotopic (exact) mass is 307 g/mol. The average molecular weight is 308 g/mol. The maximum Gasteiger partial charge on any atom is 0.200 e. The average Bonchev–Trinajstić information content (AvgIpc) is 2.50. The zero-order valence-electron chi connectivity index (χ0n) is 12.0. The molecule has 4 nitrogen and oxygen atoms in total. The zero-order valence-corrected chi connectivity index (χ0v) is 12.8. The molecule has 0 aromatic heterocycles. The number of benzene rings is 2. The summed E-state index contributed by atoms with van der Waals surface area (Å²) in [5, 5.41) is 13.9. The van der Waals surface area contributed by atoms with Gasteiger partial charge in [0.25, 0.3) is 0 Å². The lowest BCUT2D eigenvalue weighted by atomic mass is 10.1. The molecule has 2 N–H and O–H groups in total. The summed E-state index contributed by atoms with van der Waals surface area (Å²) >= 11 is 6.11. The highest BCUT2D eigenvalue weighted by Crippen LogP contribution is 2.37. The number of rotatable bonds is 6. The number of methoxy groups -OCH3 is 2. The fraction of sp³-hybridized carbons (Fsp3) is 0.250. The summed E-state index contributed by atoms with van der Waals surface area (Å²) in [5.41, 5.74) is 1.99. The van der Waals surface area contributed by atoms with Crippen molar-refractivity contribution in [1.29, 1.82) is 0 Å². The molecule has 21 heavy (non-hydrogen) atoms. The minimum Gasteiger partial charge on any atom is -0.502 e. The second kappa shape index (κ2) is 7.20. The Morgan fingerprint density at radius 3 is 2.24 bits per heavy atom. The molecule has 0 spiro atoms. The van der Waals surface area contributed by atoms with Gasteiger partial charge in [-0.15, -0.1) is 0 Å². The van der Waals surface area contributed by atoms with Gasteiger partial charge >= 0.3 is 0 Å². The fourth-order valence-corrected chi connectivity index (χ4v) is 2.24. The van der Waals surface area contributed by atoms with Crippen molar-refractivity contribution in [2.75, 3.05) is 14.2 Å². The summed E-state index contributed by atoms with van der Waals surface area (Å²) in [4.78, 5) is 0. The molecule has 2 aromatic carbocycles. The number of nitrogens with one attached hydrogen (secondary N) is 1. The van der Waals surface area contributed by atoms with Crippen LogP contribution in [0.2, 0.25) is 5.02 Å². The van der Waals surface area contributed by atoms with E-state index in [0.717, 1.165) is 16.1 Å². The van der Waals surface area contributed by atoms with Gasteiger partial charge in [-0.25, -0.2) is 0 Å². The molecule has 0 bridgehead atoms. The Balaban J connectivity index is 2.05. The van der Waals surface area contributed by atoms with E-state index in [1.54, 1.807) is 12.1 Å². The largest absolute Gasteiger partial charge is 0.502 e. The summed E-state index contributed by atoms with van der Waals surface area (Å²) in [6, 6.07) is 11.3. The minimum absolute atomic E-state index is 0.00912. The van der Waals surface area contributed by atoms with E-state index < -0.39 is 0 Å². The van der Waals surface area contributed by atoms with Gasteiger partial charge in [-0.05, 0) is 29.3 Å². The summed E-state index contributed by atoms with van der Waals surface area (Å²) in [6.07, 6.45) is 0. The number of ether oxygens (including phenoxy) is 2. The Bertz CT molecular complexity index is 591. The Labute approximate surface area is 129 Å². The second-order valence-corrected chi connectivity index (χ2v) is 4.95. The van der Waals surface area contributed by atoms with Crippen molar-refractivity contribution in [2.24, 2.45) is 0 Å². The van der Waals surface area contributed by atoms with Crippen LogP contribution in [0.1, 0.15) is 11.1 Å². The Morgan fingerprint density at radius 2 is 1.67 bits per heavy atom. The van der Waals surface area contributed by atoms with E-state index in [4.69, 9.17) is 21.1 Å². The van der Waals surface area contributed by atoms with E-state index >= 15 is 0 Å². The molecular weight excluding hydrogens is 290 g/mol. The molecular formula is C16H18ClNO3. The highest BCUT2D eigenvalue weighted by Gasteiger charge is 2.11. The van der Waals surface area contributed by atoms with Gasteiger partial charge < -0.3 is 19.9 Å². The number of phenols is 1. The van der Waals surface area contributed by atoms with Crippen molar-refractivity contribution >= 4 is 11.6 Å². The van der Waals surface area contributed by atoms with Crippen molar-refractivity contribution < 1.29 is 14.6 Å².